The minimum absolute atomic E-state index is 0.0146. The molecule has 0 aliphatic rings. The third-order valence-corrected chi connectivity index (χ3v) is 16.4. The van der Waals surface area contributed by atoms with E-state index >= 15 is 0 Å². The maximum atomic E-state index is 11.0. The fraction of sp³-hybridized carbons (Fsp3) is 0.471. The first kappa shape index (κ1) is 91.1. The molecular weight excluding hydrogens is 1190 g/mol. The molecule has 0 aromatic heterocycles. The molecule has 3 N–H and O–H groups in total. The van der Waals surface area contributed by atoms with Crippen LogP contribution in [0.25, 0.3) is 0 Å². The Morgan fingerprint density at radius 2 is 0.875 bits per heavy atom. The first-order valence-electron chi connectivity index (χ1n) is 30.9. The molecule has 6 aromatic carbocycles. The van der Waals surface area contributed by atoms with E-state index in [0.29, 0.717) is 25.0 Å². The molecule has 0 heterocycles. The van der Waals surface area contributed by atoms with E-state index in [1.165, 1.54) is 20.2 Å². The highest BCUT2D eigenvalue weighted by Gasteiger charge is 2.37. The molecule has 0 saturated heterocycles. The summed E-state index contributed by atoms with van der Waals surface area (Å²) >= 11 is 13.0. The Morgan fingerprint density at radius 3 is 1.15 bits per heavy atom. The fourth-order valence-electron chi connectivity index (χ4n) is 8.62. The lowest BCUT2D eigenvalue weighted by Gasteiger charge is -2.43. The van der Waals surface area contributed by atoms with Gasteiger partial charge in [0, 0.05) is 36.7 Å². The molecule has 3 atom stereocenters. The van der Waals surface area contributed by atoms with Crippen molar-refractivity contribution in [3.05, 3.63) is 179 Å². The van der Waals surface area contributed by atoms with E-state index in [0.717, 1.165) is 47.9 Å². The highest BCUT2D eigenvalue weighted by molar-refractivity contribution is 8.92. The third kappa shape index (κ3) is 39.8. The number of hydrogen-bond acceptors (Lipinski definition) is 8. The van der Waals surface area contributed by atoms with Crippen LogP contribution in [0.4, 0.5) is 0 Å². The average Bonchev–Trinajstić information content (AvgIpc) is 3.60. The summed E-state index contributed by atoms with van der Waals surface area (Å²) in [6.07, 6.45) is 5.31. The van der Waals surface area contributed by atoms with Crippen molar-refractivity contribution in [3.63, 3.8) is 0 Å². The molecule has 0 fully saturated rings. The van der Waals surface area contributed by atoms with Crippen LogP contribution in [0.2, 0.25) is 21.3 Å². The van der Waals surface area contributed by atoms with Gasteiger partial charge in [0.2, 0.25) is 0 Å². The van der Waals surface area contributed by atoms with Gasteiger partial charge in [-0.2, -0.15) is 0 Å². The predicted molar refractivity (Wildman–Crippen MR) is 409 cm³/mol. The first-order valence-corrected chi connectivity index (χ1v) is 38.6. The van der Waals surface area contributed by atoms with Gasteiger partial charge in [-0.05, 0) is 157 Å². The van der Waals surface area contributed by atoms with E-state index in [4.69, 9.17) is 46.6 Å². The van der Waals surface area contributed by atoms with E-state index in [-0.39, 0.29) is 45.9 Å². The Hall–Kier alpha value is -3.36. The molecule has 0 saturated carbocycles. The highest BCUT2D eigenvalue weighted by atomic mass is 33.5. The number of phenolic OH excluding ortho intramolecular Hbond substituents is 3. The second-order valence-electron chi connectivity index (χ2n) is 21.1. The molecule has 20 heteroatoms. The fourth-order valence-corrected chi connectivity index (χ4v) is 11.4. The summed E-state index contributed by atoms with van der Waals surface area (Å²) in [4.78, 5) is 4.08. The van der Waals surface area contributed by atoms with Crippen LogP contribution in [0, 0.1) is 13.8 Å². The number of rotatable bonds is 19. The second-order valence-corrected chi connectivity index (χ2v) is 34.4. The van der Waals surface area contributed by atoms with Crippen molar-refractivity contribution in [2.75, 3.05) is 12.0 Å². The lowest BCUT2D eigenvalue weighted by molar-refractivity contribution is 0.394. The Morgan fingerprint density at radius 1 is 0.557 bits per heavy atom. The molecule has 0 amide bonds. The van der Waals surface area contributed by atoms with Crippen molar-refractivity contribution < 1.29 is 28.3 Å². The van der Waals surface area contributed by atoms with Gasteiger partial charge in [0.1, 0.15) is 17.2 Å². The maximum absolute atomic E-state index is 11.0. The summed E-state index contributed by atoms with van der Waals surface area (Å²) in [6, 6.07) is 50.1. The lowest BCUT2D eigenvalue weighted by atomic mass is 9.09. The van der Waals surface area contributed by atoms with Gasteiger partial charge in [-0.15, -0.1) is 11.7 Å². The second kappa shape index (κ2) is 48.4. The normalized spacial score (nSPS) is 12.4. The van der Waals surface area contributed by atoms with E-state index < -0.39 is 39.2 Å². The molecule has 3 unspecified atom stereocenters. The molecule has 6 aromatic rings. The zero-order chi connectivity index (χ0) is 69.1. The van der Waals surface area contributed by atoms with Crippen LogP contribution >= 0.6 is 11.7 Å². The van der Waals surface area contributed by atoms with Crippen LogP contribution in [0.3, 0.4) is 0 Å². The van der Waals surface area contributed by atoms with E-state index in [2.05, 4.69) is 132 Å². The van der Waals surface area contributed by atoms with Crippen molar-refractivity contribution >= 4 is 121 Å². The van der Waals surface area contributed by atoms with Crippen LogP contribution in [-0.4, -0.2) is 99.9 Å². The molecule has 12 radical (unpaired) electrons. The van der Waals surface area contributed by atoms with Gasteiger partial charge < -0.3 is 19.9 Å². The van der Waals surface area contributed by atoms with E-state index in [1.54, 1.807) is 49.6 Å². The lowest BCUT2D eigenvalue weighted by Crippen LogP contribution is -2.37. The largest absolute Gasteiger partial charge is 0.748 e. The third-order valence-electron chi connectivity index (χ3n) is 13.4. The van der Waals surface area contributed by atoms with Crippen molar-refractivity contribution in [1.29, 1.82) is 0 Å². The topological polar surface area (TPSA) is 118 Å². The zero-order valence-electron chi connectivity index (χ0n) is 57.0. The average molecular weight is 1300 g/mol. The number of phenols is 3. The Balaban J connectivity index is -0.000000506. The van der Waals surface area contributed by atoms with Gasteiger partial charge in [-0.25, -0.2) is 8.42 Å². The summed E-state index contributed by atoms with van der Waals surface area (Å²) in [5.41, 5.74) is 5.30. The SMILES string of the molecule is CC.CC.CC.CC.CC.CCc1cc(C)cc(C)c1O.CS(=S)(=S)S.[B]B([B])C(C)(C)CC([B])(CC)Cc1ccc(O)cc1.[B]B([B])C(C)(CCS(=O)(=O)[O-])CC([B])(CC)Cc1ccc(O)cc1.c1ccc([S+](c2ccccc2)c2ccccc2)cc1. The van der Waals surface area contributed by atoms with Gasteiger partial charge in [0.25, 0.3) is 0 Å². The van der Waals surface area contributed by atoms with Crippen LogP contribution in [0.15, 0.2) is 166 Å². The molecular formula is C68H104B8O6S6. The number of aromatic hydroxyl groups is 3. The van der Waals surface area contributed by atoms with Crippen molar-refractivity contribution in [2.45, 2.75) is 212 Å². The van der Waals surface area contributed by atoms with Gasteiger partial charge in [0.15, 0.2) is 14.7 Å². The van der Waals surface area contributed by atoms with Crippen molar-refractivity contribution in [3.8, 4) is 17.2 Å². The summed E-state index contributed by atoms with van der Waals surface area (Å²) in [7, 11) is 32.1. The van der Waals surface area contributed by atoms with Crippen molar-refractivity contribution in [2.24, 2.45) is 0 Å². The number of hydrogen-bond donors (Lipinski definition) is 4. The van der Waals surface area contributed by atoms with Crippen LogP contribution in [-0.2, 0) is 68.8 Å². The van der Waals surface area contributed by atoms with Gasteiger partial charge >= 0.3 is 0 Å². The molecule has 0 spiro atoms. The molecule has 6 rings (SSSR count). The van der Waals surface area contributed by atoms with Crippen molar-refractivity contribution in [1.82, 2.24) is 0 Å². The summed E-state index contributed by atoms with van der Waals surface area (Å²) in [6.45, 7) is 34.7. The monoisotopic (exact) mass is 1300 g/mol. The zero-order valence-corrected chi connectivity index (χ0v) is 61.9. The number of benzene rings is 6. The number of aryl methyl sites for hydroxylation is 3. The predicted octanol–water partition coefficient (Wildman–Crippen LogP) is 17.3. The van der Waals surface area contributed by atoms with Gasteiger partial charge in [0.05, 0.1) is 49.7 Å². The van der Waals surface area contributed by atoms with Crippen LogP contribution in [0.1, 0.15) is 171 Å². The standard InChI is InChI=1S/C18H15S.C15H22B4O4S.C14H20B4O.C10H14O.5C2H6.CH4S4/c1-4-10-16(11-5-1)19(17-12-6-2-7-13-17)18-14-8-3-9-15-18;1-3-15(16,10-12-4-6-13(20)7-5-12)11-14(2,19(17)18)8-9-24(21,22)23;1-4-14(15,10-13(2,3)18(16)17)9-11-5-7-12(19)8-6-11;1-4-9-6-7(2)5-8(3)10(9)11;5*1-2;1-5(2,3)4/h1-15H;4-7,20H,3,8-11H2,1-2H3,(H,21,22,23);5-8,19H,4,9-10H2,1-3H3;5-6,11H,4H2,1-3H3;5*1-2H3;1H3,(H,2,3,4)/q+1;;;;;;;;;/p-1. The molecule has 6 nitrogen and oxygen atoms in total. The maximum Gasteiger partial charge on any atom is 0.166 e. The summed E-state index contributed by atoms with van der Waals surface area (Å²) in [5, 5.41) is 26.2. The molecule has 0 aliphatic heterocycles. The van der Waals surface area contributed by atoms with E-state index in [1.807, 2.05) is 135 Å². The quantitative estimate of drug-likeness (QED) is 0.0208. The van der Waals surface area contributed by atoms with Gasteiger partial charge in [-0.1, -0.05) is 254 Å². The minimum atomic E-state index is -4.35. The van der Waals surface area contributed by atoms with Crippen LogP contribution in [0.5, 0.6) is 17.2 Å². The summed E-state index contributed by atoms with van der Waals surface area (Å²) in [5.74, 6) is 0.380. The Bertz CT molecular complexity index is 2810. The molecule has 88 heavy (non-hydrogen) atoms. The summed E-state index contributed by atoms with van der Waals surface area (Å²) < 4.78 is 32.9. The molecule has 472 valence electrons. The smallest absolute Gasteiger partial charge is 0.166 e. The highest BCUT2D eigenvalue weighted by Crippen LogP contribution is 2.50. The number of thiol groups is 1. The van der Waals surface area contributed by atoms with Gasteiger partial charge in [-0.3, -0.25) is 0 Å². The Kier molecular flexibility index (Phi) is 50.1. The Labute approximate surface area is 565 Å². The van der Waals surface area contributed by atoms with E-state index in [9.17, 15) is 28.3 Å². The minimum Gasteiger partial charge on any atom is -0.748 e. The molecule has 0 aliphatic carbocycles. The first-order chi connectivity index (χ1) is 41.2. The molecule has 0 bridgehead atoms. The van der Waals surface area contributed by atoms with Crippen LogP contribution < -0.4 is 0 Å².